The van der Waals surface area contributed by atoms with E-state index in [2.05, 4.69) is 18.3 Å². The van der Waals surface area contributed by atoms with Crippen LogP contribution in [0.5, 0.6) is 0 Å². The number of thioether (sulfide) groups is 1. The maximum Gasteiger partial charge on any atom is 0.119 e. The van der Waals surface area contributed by atoms with Crippen molar-refractivity contribution < 1.29 is 0 Å². The molecule has 2 nitrogen and oxygen atoms in total. The molecule has 0 radical (unpaired) electrons. The van der Waals surface area contributed by atoms with E-state index in [1.54, 1.807) is 11.8 Å². The van der Waals surface area contributed by atoms with Gasteiger partial charge in [-0.05, 0) is 49.9 Å². The lowest BCUT2D eigenvalue weighted by Crippen LogP contribution is -2.48. The van der Waals surface area contributed by atoms with Gasteiger partial charge in [0.15, 0.2) is 0 Å². The smallest absolute Gasteiger partial charge is 0.119 e. The quantitative estimate of drug-likeness (QED) is 0.769. The van der Waals surface area contributed by atoms with Crippen LogP contribution in [0.25, 0.3) is 0 Å². The first-order chi connectivity index (χ1) is 9.20. The number of nitriles is 1. The monoisotopic (exact) mass is 294 g/mol. The second kappa shape index (κ2) is 6.65. The zero-order valence-electron chi connectivity index (χ0n) is 11.2. The first kappa shape index (κ1) is 14.7. The van der Waals surface area contributed by atoms with Crippen molar-refractivity contribution in [1.82, 2.24) is 5.32 Å². The van der Waals surface area contributed by atoms with Crippen LogP contribution >= 0.6 is 23.4 Å². The van der Waals surface area contributed by atoms with Gasteiger partial charge >= 0.3 is 0 Å². The van der Waals surface area contributed by atoms with Gasteiger partial charge in [-0.1, -0.05) is 24.6 Å². The van der Waals surface area contributed by atoms with Crippen LogP contribution in [0.3, 0.4) is 0 Å². The maximum absolute atomic E-state index is 9.59. The molecule has 2 rings (SSSR count). The van der Waals surface area contributed by atoms with Gasteiger partial charge in [0.05, 0.1) is 6.07 Å². The lowest BCUT2D eigenvalue weighted by molar-refractivity contribution is 0.406. The number of benzene rings is 1. The molecule has 0 aromatic heterocycles. The van der Waals surface area contributed by atoms with Crippen LogP contribution in [-0.2, 0) is 0 Å². The number of nitrogens with one attached hydrogen (secondary N) is 1. The molecule has 1 aliphatic rings. The summed E-state index contributed by atoms with van der Waals surface area (Å²) in [5.74, 6) is 1.30. The van der Waals surface area contributed by atoms with Crippen LogP contribution in [0.15, 0.2) is 29.2 Å². The summed E-state index contributed by atoms with van der Waals surface area (Å²) in [6, 6.07) is 10.4. The summed E-state index contributed by atoms with van der Waals surface area (Å²) in [6.45, 7) is 3.03. The van der Waals surface area contributed by atoms with Crippen molar-refractivity contribution in [3.05, 3.63) is 29.3 Å². The third kappa shape index (κ3) is 3.89. The molecule has 1 aromatic carbocycles. The minimum Gasteiger partial charge on any atom is -0.298 e. The van der Waals surface area contributed by atoms with Gasteiger partial charge in [-0.15, -0.1) is 11.8 Å². The molecule has 0 saturated heterocycles. The molecule has 1 N–H and O–H groups in total. The Labute approximate surface area is 124 Å². The summed E-state index contributed by atoms with van der Waals surface area (Å²) in [5.41, 5.74) is -0.372. The first-order valence-electron chi connectivity index (χ1n) is 6.75. The van der Waals surface area contributed by atoms with Crippen molar-refractivity contribution in [2.24, 2.45) is 5.92 Å². The molecule has 1 atom stereocenters. The Bertz CT molecular complexity index is 467. The van der Waals surface area contributed by atoms with E-state index < -0.39 is 0 Å². The van der Waals surface area contributed by atoms with Gasteiger partial charge in [-0.25, -0.2) is 0 Å². The van der Waals surface area contributed by atoms with Gasteiger partial charge in [-0.2, -0.15) is 5.26 Å². The van der Waals surface area contributed by atoms with Crippen molar-refractivity contribution in [1.29, 1.82) is 5.26 Å². The Kier molecular flexibility index (Phi) is 5.15. The van der Waals surface area contributed by atoms with E-state index in [0.717, 1.165) is 28.6 Å². The van der Waals surface area contributed by atoms with E-state index in [1.807, 2.05) is 24.3 Å². The van der Waals surface area contributed by atoms with Crippen LogP contribution in [0.2, 0.25) is 5.02 Å². The highest BCUT2D eigenvalue weighted by Crippen LogP contribution is 2.42. The lowest BCUT2D eigenvalue weighted by atomic mass is 9.97. The first-order valence-corrected chi connectivity index (χ1v) is 8.11. The van der Waals surface area contributed by atoms with Crippen LogP contribution < -0.4 is 5.32 Å². The minimum atomic E-state index is -0.372. The number of hydrogen-bond acceptors (Lipinski definition) is 3. The van der Waals surface area contributed by atoms with Gasteiger partial charge in [0, 0.05) is 15.7 Å². The van der Waals surface area contributed by atoms with Gasteiger partial charge < -0.3 is 0 Å². The van der Waals surface area contributed by atoms with Crippen molar-refractivity contribution in [3.63, 3.8) is 0 Å². The molecule has 0 aliphatic heterocycles. The Hall–Kier alpha value is -0.690. The molecular formula is C15H19ClN2S. The van der Waals surface area contributed by atoms with Gasteiger partial charge in [0.25, 0.3) is 0 Å². The molecule has 0 spiro atoms. The number of rotatable bonds is 7. The molecule has 1 unspecified atom stereocenters. The number of nitrogens with zero attached hydrogens (tertiary/aromatic N) is 1. The third-order valence-electron chi connectivity index (χ3n) is 3.43. The molecule has 102 valence electrons. The average molecular weight is 295 g/mol. The fraction of sp³-hybridized carbons (Fsp3) is 0.533. The highest BCUT2D eigenvalue weighted by atomic mass is 35.5. The molecule has 0 bridgehead atoms. The molecule has 1 fully saturated rings. The molecule has 19 heavy (non-hydrogen) atoms. The lowest BCUT2D eigenvalue weighted by Gasteiger charge is -2.27. The molecule has 0 amide bonds. The van der Waals surface area contributed by atoms with E-state index in [0.29, 0.717) is 5.92 Å². The molecule has 1 saturated carbocycles. The summed E-state index contributed by atoms with van der Waals surface area (Å²) in [4.78, 5) is 1.13. The Morgan fingerprint density at radius 1 is 1.53 bits per heavy atom. The van der Waals surface area contributed by atoms with E-state index in [-0.39, 0.29) is 5.54 Å². The van der Waals surface area contributed by atoms with Crippen LogP contribution in [0.1, 0.15) is 26.2 Å². The summed E-state index contributed by atoms with van der Waals surface area (Å²) in [5, 5.41) is 13.8. The van der Waals surface area contributed by atoms with Crippen molar-refractivity contribution in [3.8, 4) is 6.07 Å². The number of hydrogen-bond donors (Lipinski definition) is 1. The molecule has 1 aliphatic carbocycles. The number of halogens is 1. The van der Waals surface area contributed by atoms with Gasteiger partial charge in [0.2, 0.25) is 0 Å². The molecule has 4 heteroatoms. The van der Waals surface area contributed by atoms with E-state index in [9.17, 15) is 5.26 Å². The largest absolute Gasteiger partial charge is 0.298 e. The van der Waals surface area contributed by atoms with Crippen molar-refractivity contribution in [2.75, 3.05) is 12.3 Å². The summed E-state index contributed by atoms with van der Waals surface area (Å²) in [6.07, 6.45) is 3.39. The molecule has 1 aromatic rings. The Balaban J connectivity index is 2.02. The highest BCUT2D eigenvalue weighted by Gasteiger charge is 2.45. The normalized spacial score (nSPS) is 17.7. The average Bonchev–Trinajstić information content (AvgIpc) is 3.25. The minimum absolute atomic E-state index is 0.372. The fourth-order valence-corrected chi connectivity index (χ4v) is 3.59. The van der Waals surface area contributed by atoms with Crippen molar-refractivity contribution >= 4 is 23.4 Å². The van der Waals surface area contributed by atoms with E-state index in [1.165, 1.54) is 12.8 Å². The predicted molar refractivity (Wildman–Crippen MR) is 81.5 cm³/mol. The molecule has 0 heterocycles. The second-order valence-corrected chi connectivity index (χ2v) is 6.52. The predicted octanol–water partition coefficient (Wildman–Crippen LogP) is 4.10. The van der Waals surface area contributed by atoms with Crippen LogP contribution in [0, 0.1) is 17.2 Å². The van der Waals surface area contributed by atoms with Crippen molar-refractivity contribution in [2.45, 2.75) is 36.6 Å². The Morgan fingerprint density at radius 2 is 2.32 bits per heavy atom. The standard InChI is InChI=1S/C15H19ClN2S/c1-2-8-18-15(10-17,12-6-7-12)11-19-14-5-3-4-13(16)9-14/h3-5,9,12,18H,2,6-8,11H2,1H3. The van der Waals surface area contributed by atoms with Crippen LogP contribution in [0.4, 0.5) is 0 Å². The third-order valence-corrected chi connectivity index (χ3v) is 4.85. The zero-order valence-corrected chi connectivity index (χ0v) is 12.7. The van der Waals surface area contributed by atoms with Gasteiger partial charge in [-0.3, -0.25) is 5.32 Å². The summed E-state index contributed by atoms with van der Waals surface area (Å²) >= 11 is 7.71. The van der Waals surface area contributed by atoms with E-state index in [4.69, 9.17) is 11.6 Å². The molecular weight excluding hydrogens is 276 g/mol. The fourth-order valence-electron chi connectivity index (χ4n) is 2.15. The van der Waals surface area contributed by atoms with Crippen LogP contribution in [-0.4, -0.2) is 17.8 Å². The summed E-state index contributed by atoms with van der Waals surface area (Å²) in [7, 11) is 0. The Morgan fingerprint density at radius 3 is 2.89 bits per heavy atom. The van der Waals surface area contributed by atoms with Gasteiger partial charge in [0.1, 0.15) is 5.54 Å². The summed E-state index contributed by atoms with van der Waals surface area (Å²) < 4.78 is 0. The highest BCUT2D eigenvalue weighted by molar-refractivity contribution is 7.99. The zero-order chi connectivity index (χ0) is 13.7. The topological polar surface area (TPSA) is 35.8 Å². The SMILES string of the molecule is CCCNC(C#N)(CSc1cccc(Cl)c1)C1CC1. The maximum atomic E-state index is 9.59. The second-order valence-electron chi connectivity index (χ2n) is 5.03. The van der Waals surface area contributed by atoms with E-state index >= 15 is 0 Å².